The molecule has 0 aromatic heterocycles. The van der Waals surface area contributed by atoms with Gasteiger partial charge in [-0.05, 0) is 26.7 Å². The lowest BCUT2D eigenvalue weighted by molar-refractivity contribution is -0.118. The van der Waals surface area contributed by atoms with E-state index in [-0.39, 0.29) is 18.6 Å². The minimum Gasteiger partial charge on any atom is -0.394 e. The molecule has 18 heavy (non-hydrogen) atoms. The molecule has 0 aromatic rings. The summed E-state index contributed by atoms with van der Waals surface area (Å²) in [4.78, 5) is 11.6. The van der Waals surface area contributed by atoms with Gasteiger partial charge in [0, 0.05) is 11.6 Å². The Labute approximate surface area is 112 Å². The number of nitrogens with one attached hydrogen (secondary N) is 1. The van der Waals surface area contributed by atoms with Crippen molar-refractivity contribution in [2.75, 3.05) is 6.61 Å². The Bertz CT molecular complexity index is 249. The summed E-state index contributed by atoms with van der Waals surface area (Å²) < 4.78 is 0. The van der Waals surface area contributed by atoms with Gasteiger partial charge in [0.1, 0.15) is 0 Å². The molecule has 3 heteroatoms. The molecule has 1 amide bonds. The fraction of sp³-hybridized carbons (Fsp3) is 0.800. The predicted molar refractivity (Wildman–Crippen MR) is 76.4 cm³/mol. The third-order valence-corrected chi connectivity index (χ3v) is 3.02. The van der Waals surface area contributed by atoms with Gasteiger partial charge in [0.15, 0.2) is 0 Å². The van der Waals surface area contributed by atoms with E-state index in [2.05, 4.69) is 12.2 Å². The van der Waals surface area contributed by atoms with Crippen LogP contribution in [0.15, 0.2) is 11.6 Å². The van der Waals surface area contributed by atoms with E-state index < -0.39 is 0 Å². The van der Waals surface area contributed by atoms with E-state index in [0.717, 1.165) is 18.4 Å². The molecular formula is C15H29NO2. The van der Waals surface area contributed by atoms with Crippen LogP contribution < -0.4 is 5.32 Å². The number of carbonyl (C=O) groups is 1. The average molecular weight is 255 g/mol. The average Bonchev–Trinajstić information content (AvgIpc) is 2.37. The molecule has 0 aliphatic carbocycles. The van der Waals surface area contributed by atoms with Crippen LogP contribution in [-0.2, 0) is 4.79 Å². The molecule has 106 valence electrons. The Morgan fingerprint density at radius 2 is 1.83 bits per heavy atom. The molecule has 0 aliphatic heterocycles. The van der Waals surface area contributed by atoms with Crippen molar-refractivity contribution >= 4 is 5.91 Å². The fourth-order valence-electron chi connectivity index (χ4n) is 1.72. The first-order chi connectivity index (χ1) is 8.61. The Hall–Kier alpha value is -0.830. The molecule has 0 heterocycles. The van der Waals surface area contributed by atoms with Crippen molar-refractivity contribution in [1.29, 1.82) is 0 Å². The summed E-state index contributed by atoms with van der Waals surface area (Å²) in [6.45, 7) is 5.82. The predicted octanol–water partition coefficient (Wildman–Crippen LogP) is 3.18. The van der Waals surface area contributed by atoms with Crippen molar-refractivity contribution in [3.8, 4) is 0 Å². The van der Waals surface area contributed by atoms with Crippen LogP contribution in [0, 0.1) is 0 Å². The van der Waals surface area contributed by atoms with Crippen molar-refractivity contribution < 1.29 is 9.90 Å². The van der Waals surface area contributed by atoms with E-state index >= 15 is 0 Å². The Balaban J connectivity index is 3.66. The van der Waals surface area contributed by atoms with Crippen LogP contribution in [0.25, 0.3) is 0 Å². The number of aliphatic hydroxyl groups is 1. The van der Waals surface area contributed by atoms with Gasteiger partial charge in [-0.25, -0.2) is 0 Å². The van der Waals surface area contributed by atoms with Crippen molar-refractivity contribution in [3.63, 3.8) is 0 Å². The highest BCUT2D eigenvalue weighted by molar-refractivity contribution is 5.92. The second-order valence-corrected chi connectivity index (χ2v) is 5.00. The van der Waals surface area contributed by atoms with Crippen LogP contribution in [0.1, 0.15) is 65.7 Å². The molecule has 0 aromatic carbocycles. The summed E-state index contributed by atoms with van der Waals surface area (Å²) in [6, 6.07) is -0.171. The fourth-order valence-corrected chi connectivity index (χ4v) is 1.72. The zero-order chi connectivity index (χ0) is 13.8. The van der Waals surface area contributed by atoms with Gasteiger partial charge in [0.25, 0.3) is 0 Å². The molecule has 2 N–H and O–H groups in total. The van der Waals surface area contributed by atoms with Crippen LogP contribution in [0.4, 0.5) is 0 Å². The molecular weight excluding hydrogens is 226 g/mol. The molecule has 0 fully saturated rings. The van der Waals surface area contributed by atoms with Crippen LogP contribution in [0.3, 0.4) is 0 Å². The SMILES string of the molecule is CCCCCCCC/C=C(\C)C(=O)N[C@@H](C)CO. The number of amides is 1. The standard InChI is InChI=1S/C15H29NO2/c1-4-5-6-7-8-9-10-11-13(2)15(18)16-14(3)12-17/h11,14,17H,4-10,12H2,1-3H3,(H,16,18)/b13-11+/t14-/m0/s1. The van der Waals surface area contributed by atoms with Crippen molar-refractivity contribution in [2.24, 2.45) is 0 Å². The minimum atomic E-state index is -0.171. The number of unbranched alkanes of at least 4 members (excludes halogenated alkanes) is 6. The molecule has 0 bridgehead atoms. The molecule has 0 spiro atoms. The second-order valence-electron chi connectivity index (χ2n) is 5.00. The molecule has 1 atom stereocenters. The van der Waals surface area contributed by atoms with Gasteiger partial charge in [-0.3, -0.25) is 4.79 Å². The monoisotopic (exact) mass is 255 g/mol. The summed E-state index contributed by atoms with van der Waals surface area (Å²) >= 11 is 0. The molecule has 3 nitrogen and oxygen atoms in total. The molecule has 0 unspecified atom stereocenters. The lowest BCUT2D eigenvalue weighted by Gasteiger charge is -2.10. The largest absolute Gasteiger partial charge is 0.394 e. The summed E-state index contributed by atoms with van der Waals surface area (Å²) in [7, 11) is 0. The smallest absolute Gasteiger partial charge is 0.246 e. The first-order valence-electron chi connectivity index (χ1n) is 7.20. The van der Waals surface area contributed by atoms with E-state index in [9.17, 15) is 4.79 Å². The highest BCUT2D eigenvalue weighted by Crippen LogP contribution is 2.08. The molecule has 0 saturated heterocycles. The normalized spacial score (nSPS) is 13.4. The van der Waals surface area contributed by atoms with Crippen molar-refractivity contribution in [1.82, 2.24) is 5.32 Å². The number of carbonyl (C=O) groups excluding carboxylic acids is 1. The van der Waals surface area contributed by atoms with Crippen molar-refractivity contribution in [3.05, 3.63) is 11.6 Å². The first kappa shape index (κ1) is 17.2. The highest BCUT2D eigenvalue weighted by Gasteiger charge is 2.07. The Morgan fingerprint density at radius 1 is 1.22 bits per heavy atom. The van der Waals surface area contributed by atoms with Crippen molar-refractivity contribution in [2.45, 2.75) is 71.8 Å². The maximum absolute atomic E-state index is 11.6. The molecule has 0 rings (SSSR count). The van der Waals surface area contributed by atoms with E-state index in [1.807, 2.05) is 13.0 Å². The second kappa shape index (κ2) is 11.3. The van der Waals surface area contributed by atoms with E-state index in [0.29, 0.717) is 0 Å². The first-order valence-corrected chi connectivity index (χ1v) is 7.20. The highest BCUT2D eigenvalue weighted by atomic mass is 16.3. The third-order valence-electron chi connectivity index (χ3n) is 3.02. The number of allylic oxidation sites excluding steroid dienone is 1. The van der Waals surface area contributed by atoms with Gasteiger partial charge >= 0.3 is 0 Å². The zero-order valence-electron chi connectivity index (χ0n) is 12.2. The van der Waals surface area contributed by atoms with Crippen LogP contribution in [-0.4, -0.2) is 23.7 Å². The van der Waals surface area contributed by atoms with E-state index in [1.54, 1.807) is 6.92 Å². The number of hydrogen-bond donors (Lipinski definition) is 2. The summed E-state index contributed by atoms with van der Waals surface area (Å²) in [5, 5.41) is 11.6. The van der Waals surface area contributed by atoms with Gasteiger partial charge in [-0.1, -0.05) is 45.1 Å². The Kier molecular flexibility index (Phi) is 10.8. The number of aliphatic hydroxyl groups excluding tert-OH is 1. The summed E-state index contributed by atoms with van der Waals surface area (Å²) in [6.07, 6.45) is 10.6. The van der Waals surface area contributed by atoms with Gasteiger partial charge in [0.05, 0.1) is 6.61 Å². The lowest BCUT2D eigenvalue weighted by atomic mass is 10.1. The van der Waals surface area contributed by atoms with Crippen LogP contribution in [0.2, 0.25) is 0 Å². The van der Waals surface area contributed by atoms with E-state index in [1.165, 1.54) is 32.1 Å². The summed E-state index contributed by atoms with van der Waals surface area (Å²) in [5.41, 5.74) is 0.754. The minimum absolute atomic E-state index is 0.0174. The molecule has 0 aliphatic rings. The number of hydrogen-bond acceptors (Lipinski definition) is 2. The lowest BCUT2D eigenvalue weighted by Crippen LogP contribution is -2.35. The van der Waals surface area contributed by atoms with E-state index in [4.69, 9.17) is 5.11 Å². The maximum Gasteiger partial charge on any atom is 0.246 e. The van der Waals surface area contributed by atoms with Gasteiger partial charge in [0.2, 0.25) is 5.91 Å². The molecule has 0 saturated carbocycles. The summed E-state index contributed by atoms with van der Waals surface area (Å²) in [5.74, 6) is -0.0671. The van der Waals surface area contributed by atoms with Crippen LogP contribution >= 0.6 is 0 Å². The van der Waals surface area contributed by atoms with Crippen LogP contribution in [0.5, 0.6) is 0 Å². The zero-order valence-corrected chi connectivity index (χ0v) is 12.2. The maximum atomic E-state index is 11.6. The topological polar surface area (TPSA) is 49.3 Å². The van der Waals surface area contributed by atoms with Gasteiger partial charge in [-0.15, -0.1) is 0 Å². The third kappa shape index (κ3) is 9.23. The molecule has 0 radical (unpaired) electrons. The number of rotatable bonds is 10. The quantitative estimate of drug-likeness (QED) is 0.465. The Morgan fingerprint density at radius 3 is 2.44 bits per heavy atom. The van der Waals surface area contributed by atoms with Gasteiger partial charge in [-0.2, -0.15) is 0 Å². The van der Waals surface area contributed by atoms with Gasteiger partial charge < -0.3 is 10.4 Å².